The Morgan fingerprint density at radius 1 is 1.10 bits per heavy atom. The van der Waals surface area contributed by atoms with Crippen molar-refractivity contribution in [3.63, 3.8) is 0 Å². The molecule has 8 heteroatoms. The summed E-state index contributed by atoms with van der Waals surface area (Å²) in [6.07, 6.45) is 10.9. The highest BCUT2D eigenvalue weighted by molar-refractivity contribution is 7.98. The summed E-state index contributed by atoms with van der Waals surface area (Å²) in [6, 6.07) is 12.6. The first-order valence-corrected chi connectivity index (χ1v) is 17.1. The maximum absolute atomic E-state index is 13.7. The maximum atomic E-state index is 13.7. The van der Waals surface area contributed by atoms with Crippen molar-refractivity contribution in [3.05, 3.63) is 59.2 Å². The number of esters is 1. The van der Waals surface area contributed by atoms with Crippen LogP contribution in [0, 0.1) is 12.8 Å². The van der Waals surface area contributed by atoms with E-state index in [1.54, 1.807) is 17.8 Å². The van der Waals surface area contributed by atoms with Crippen LogP contribution in [0.3, 0.4) is 0 Å². The summed E-state index contributed by atoms with van der Waals surface area (Å²) in [6.45, 7) is 4.07. The van der Waals surface area contributed by atoms with E-state index in [4.69, 9.17) is 4.74 Å². The number of carbonyl (C=O) groups excluding carboxylic acids is 2. The molecule has 2 aromatic rings. The predicted molar refractivity (Wildman–Crippen MR) is 164 cm³/mol. The van der Waals surface area contributed by atoms with Crippen LogP contribution < -0.4 is 5.32 Å². The van der Waals surface area contributed by atoms with E-state index in [2.05, 4.69) is 12.2 Å². The van der Waals surface area contributed by atoms with Crippen molar-refractivity contribution in [2.75, 3.05) is 19.1 Å². The zero-order valence-electron chi connectivity index (χ0n) is 24.4. The van der Waals surface area contributed by atoms with Gasteiger partial charge in [0.2, 0.25) is 0 Å². The Kier molecular flexibility index (Phi) is 12.5. The zero-order valence-corrected chi connectivity index (χ0v) is 26.1. The molecule has 1 aliphatic carbocycles. The average molecular weight is 586 g/mol. The number of nitrogens with one attached hydrogen (secondary N) is 1. The first-order chi connectivity index (χ1) is 19.3. The molecule has 0 saturated heterocycles. The van der Waals surface area contributed by atoms with Crippen molar-refractivity contribution < 1.29 is 23.5 Å². The minimum Gasteiger partial charge on any atom is -0.467 e. The summed E-state index contributed by atoms with van der Waals surface area (Å²) < 4.78 is 31.3. The minimum atomic E-state index is -2.77. The third-order valence-electron chi connectivity index (χ3n) is 8.28. The molecule has 1 fully saturated rings. The third-order valence-corrected chi connectivity index (χ3v) is 10.3. The number of rotatable bonds is 14. The number of thioether (sulfide) groups is 1. The molecule has 40 heavy (non-hydrogen) atoms. The molecule has 1 saturated carbocycles. The van der Waals surface area contributed by atoms with Crippen LogP contribution in [0.1, 0.15) is 92.6 Å². The molecule has 1 amide bonds. The molecule has 2 aromatic carbocycles. The molecule has 0 heterocycles. The fourth-order valence-corrected chi connectivity index (χ4v) is 7.54. The highest BCUT2D eigenvalue weighted by Gasteiger charge is 2.41. The van der Waals surface area contributed by atoms with E-state index < -0.39 is 24.8 Å². The van der Waals surface area contributed by atoms with Gasteiger partial charge in [0.05, 0.1) is 7.11 Å². The summed E-state index contributed by atoms with van der Waals surface area (Å²) in [5.41, 5.74) is 3.71. The quantitative estimate of drug-likeness (QED) is 0.177. The van der Waals surface area contributed by atoms with E-state index >= 15 is 0 Å². The van der Waals surface area contributed by atoms with Crippen LogP contribution >= 0.6 is 19.4 Å². The second-order valence-electron chi connectivity index (χ2n) is 11.0. The molecule has 6 nitrogen and oxygen atoms in total. The number of benzene rings is 2. The lowest BCUT2D eigenvalue weighted by molar-refractivity contribution is -0.142. The van der Waals surface area contributed by atoms with Crippen LogP contribution in [0.25, 0.3) is 11.1 Å². The molecular weight excluding hydrogens is 541 g/mol. The van der Waals surface area contributed by atoms with Gasteiger partial charge in [-0.05, 0) is 78.5 Å². The van der Waals surface area contributed by atoms with Crippen molar-refractivity contribution >= 4 is 31.3 Å². The maximum Gasteiger partial charge on any atom is 0.328 e. The van der Waals surface area contributed by atoms with Gasteiger partial charge in [-0.2, -0.15) is 11.8 Å². The summed E-state index contributed by atoms with van der Waals surface area (Å²) >= 11 is 1.59. The van der Waals surface area contributed by atoms with Crippen molar-refractivity contribution in [2.45, 2.75) is 89.3 Å². The first kappa shape index (κ1) is 32.1. The molecule has 218 valence electrons. The smallest absolute Gasteiger partial charge is 0.328 e. The molecule has 0 aromatic heterocycles. The van der Waals surface area contributed by atoms with Gasteiger partial charge in [-0.3, -0.25) is 4.79 Å². The molecule has 0 bridgehead atoms. The Bertz CT molecular complexity index is 1220. The van der Waals surface area contributed by atoms with Crippen molar-refractivity contribution in [2.24, 2.45) is 5.92 Å². The standard InChI is InChI=1S/C32H44NO5PS/c1-5-6-19-32(39(36)37,22-24-13-8-7-9-14-24)25-16-17-27(28(21-25)26-15-11-10-12-23(26)2)30(34)33-29(18-20-40-4)31(35)38-3/h10-12,15-17,21,24,29H,5-9,13-14,18-20,22H2,1-4H3,(H,33,34)/t29-,32?/m0/s1. The Morgan fingerprint density at radius 2 is 1.82 bits per heavy atom. The van der Waals surface area contributed by atoms with E-state index in [0.29, 0.717) is 42.1 Å². The number of carbonyl (C=O) groups is 2. The van der Waals surface area contributed by atoms with Gasteiger partial charge >= 0.3 is 13.6 Å². The number of unbranched alkanes of at least 4 members (excludes halogenated alkanes) is 1. The van der Waals surface area contributed by atoms with E-state index in [1.165, 1.54) is 13.5 Å². The van der Waals surface area contributed by atoms with E-state index in [0.717, 1.165) is 55.2 Å². The van der Waals surface area contributed by atoms with Crippen molar-refractivity contribution in [1.82, 2.24) is 5.32 Å². The first-order valence-electron chi connectivity index (χ1n) is 14.5. The highest BCUT2D eigenvalue weighted by Crippen LogP contribution is 2.51. The van der Waals surface area contributed by atoms with Crippen LogP contribution in [0.5, 0.6) is 0 Å². The minimum absolute atomic E-state index is 0.376. The van der Waals surface area contributed by atoms with Gasteiger partial charge < -0.3 is 10.1 Å². The third kappa shape index (κ3) is 7.88. The summed E-state index contributed by atoms with van der Waals surface area (Å²) in [5, 5.41) is 1.90. The van der Waals surface area contributed by atoms with E-state index in [-0.39, 0.29) is 5.91 Å². The predicted octanol–water partition coefficient (Wildman–Crippen LogP) is 8.22. The largest absolute Gasteiger partial charge is 0.467 e. The van der Waals surface area contributed by atoms with Gasteiger partial charge in [0.15, 0.2) is 0 Å². The van der Waals surface area contributed by atoms with Gasteiger partial charge in [0, 0.05) is 5.56 Å². The molecule has 0 aliphatic heterocycles. The lowest BCUT2D eigenvalue weighted by Crippen LogP contribution is -2.42. The van der Waals surface area contributed by atoms with Gasteiger partial charge in [-0.15, -0.1) is 0 Å². The summed E-state index contributed by atoms with van der Waals surface area (Å²) in [7, 11) is -1.45. The fourth-order valence-electron chi connectivity index (χ4n) is 5.97. The highest BCUT2D eigenvalue weighted by atomic mass is 32.2. The average Bonchev–Trinajstić information content (AvgIpc) is 2.97. The van der Waals surface area contributed by atoms with Crippen molar-refractivity contribution in [1.29, 1.82) is 0 Å². The topological polar surface area (TPSA) is 89.5 Å². The number of aryl methyl sites for hydroxylation is 1. The molecule has 1 aliphatic rings. The summed E-state index contributed by atoms with van der Waals surface area (Å²) in [4.78, 5) is 26.1. The Morgan fingerprint density at radius 3 is 2.45 bits per heavy atom. The number of hydrogen-bond acceptors (Lipinski definition) is 6. The van der Waals surface area contributed by atoms with Crippen molar-refractivity contribution in [3.8, 4) is 11.1 Å². The Hall–Kier alpha value is -2.37. The Balaban J connectivity index is 2.14. The van der Waals surface area contributed by atoms with Crippen LogP contribution in [0.4, 0.5) is 0 Å². The molecule has 2 atom stereocenters. The number of hydrogen-bond donors (Lipinski definition) is 1. The fraction of sp³-hybridized carbons (Fsp3) is 0.562. The number of methoxy groups -OCH3 is 1. The molecular formula is C32H44NO5PS. The lowest BCUT2D eigenvalue weighted by atomic mass is 9.77. The van der Waals surface area contributed by atoms with Gasteiger partial charge in [-0.25, -0.2) is 13.9 Å². The zero-order chi connectivity index (χ0) is 29.1. The van der Waals surface area contributed by atoms with E-state index in [9.17, 15) is 18.7 Å². The molecule has 0 radical (unpaired) electrons. The van der Waals surface area contributed by atoms with Crippen LogP contribution in [-0.4, -0.2) is 37.0 Å². The van der Waals surface area contributed by atoms with Crippen LogP contribution in [0.2, 0.25) is 0 Å². The number of ether oxygens (including phenoxy) is 1. The second-order valence-corrected chi connectivity index (χ2v) is 13.4. The molecule has 0 spiro atoms. The number of amides is 1. The Labute approximate surface area is 244 Å². The van der Waals surface area contributed by atoms with Gasteiger partial charge in [0.1, 0.15) is 11.2 Å². The monoisotopic (exact) mass is 585 g/mol. The second kappa shape index (κ2) is 15.6. The lowest BCUT2D eigenvalue weighted by Gasteiger charge is -2.33. The van der Waals surface area contributed by atoms with Crippen LogP contribution in [0.15, 0.2) is 42.5 Å². The summed E-state index contributed by atoms with van der Waals surface area (Å²) in [5.74, 6) is 0.215. The normalized spacial score (nSPS) is 16.1. The van der Waals surface area contributed by atoms with Gasteiger partial charge in [-0.1, -0.05) is 82.2 Å². The van der Waals surface area contributed by atoms with Crippen LogP contribution in [-0.2, 0) is 23.8 Å². The molecule has 3 rings (SSSR count). The van der Waals surface area contributed by atoms with Gasteiger partial charge in [0.25, 0.3) is 5.91 Å². The molecule has 1 unspecified atom stereocenters. The SMILES string of the molecule is CCCCC(CC1CCCCC1)(c1ccc(C(=O)N[C@@H](CCSC)C(=O)OC)c(-c2ccccc2C)c1)P(=O)=O. The molecule has 1 N–H and O–H groups in total. The van der Waals surface area contributed by atoms with E-state index in [1.807, 2.05) is 49.6 Å².